The molecule has 13 rings (SSSR count). The van der Waals surface area contributed by atoms with Crippen molar-refractivity contribution >= 4 is 56.1 Å². The maximum Gasteiger partial charge on any atom is 0.145 e. The van der Waals surface area contributed by atoms with E-state index in [4.69, 9.17) is 9.40 Å². The topological polar surface area (TPSA) is 45.4 Å². The molecule has 0 amide bonds. The van der Waals surface area contributed by atoms with Gasteiger partial charge >= 0.3 is 0 Å². The number of benzene rings is 9. The van der Waals surface area contributed by atoms with Crippen LogP contribution >= 0.6 is 0 Å². The molecule has 3 aromatic heterocycles. The SMILES string of the molecule is Cc1ccc(N(c2ccc(-c3ccccc3)cc2)c2cc3c(c4oc5ccccc5c24)-c2ccc(N(c4ccc(-c5ccccc5)cc4)c4cccnc4)cc2C3(c2ccccc2)c2ccccc2)cn1. The molecule has 336 valence electrons. The Hall–Kier alpha value is -9.32. The van der Waals surface area contributed by atoms with Crippen molar-refractivity contribution in [2.45, 2.75) is 12.3 Å². The van der Waals surface area contributed by atoms with E-state index in [1.807, 2.05) is 31.6 Å². The van der Waals surface area contributed by atoms with Crippen LogP contribution in [0.15, 0.2) is 266 Å². The van der Waals surface area contributed by atoms with Crippen molar-refractivity contribution in [1.82, 2.24) is 9.97 Å². The second-order valence-electron chi connectivity index (χ2n) is 18.2. The molecular weight excluding hydrogens is 865 g/mol. The molecule has 0 unspecified atom stereocenters. The first-order valence-corrected chi connectivity index (χ1v) is 24.1. The molecule has 5 heteroatoms. The number of aryl methyl sites for hydroxylation is 1. The molecule has 71 heavy (non-hydrogen) atoms. The lowest BCUT2D eigenvalue weighted by molar-refractivity contribution is 0.669. The van der Waals surface area contributed by atoms with Crippen LogP contribution in [-0.4, -0.2) is 9.97 Å². The lowest BCUT2D eigenvalue weighted by atomic mass is 9.67. The Morgan fingerprint density at radius 1 is 0.423 bits per heavy atom. The molecule has 9 aromatic carbocycles. The minimum Gasteiger partial charge on any atom is -0.455 e. The average molecular weight is 911 g/mol. The predicted molar refractivity (Wildman–Crippen MR) is 292 cm³/mol. The first-order chi connectivity index (χ1) is 35.1. The van der Waals surface area contributed by atoms with E-state index in [-0.39, 0.29) is 0 Å². The van der Waals surface area contributed by atoms with Crippen molar-refractivity contribution in [3.8, 4) is 33.4 Å². The fraction of sp³-hybridized carbons (Fsp3) is 0.0303. The van der Waals surface area contributed by atoms with Crippen molar-refractivity contribution in [2.24, 2.45) is 0 Å². The van der Waals surface area contributed by atoms with Crippen molar-refractivity contribution < 1.29 is 4.42 Å². The van der Waals surface area contributed by atoms with Gasteiger partial charge in [0.05, 0.1) is 40.3 Å². The Morgan fingerprint density at radius 3 is 1.55 bits per heavy atom. The van der Waals surface area contributed by atoms with Gasteiger partial charge in [-0.1, -0.05) is 170 Å². The molecule has 12 aromatic rings. The van der Waals surface area contributed by atoms with Gasteiger partial charge in [0, 0.05) is 39.9 Å². The third-order valence-corrected chi connectivity index (χ3v) is 14.1. The molecular formula is C66H46N4O. The normalized spacial score (nSPS) is 12.4. The molecule has 0 saturated heterocycles. The Kier molecular flexibility index (Phi) is 10.2. The van der Waals surface area contributed by atoms with Gasteiger partial charge in [-0.25, -0.2) is 0 Å². The van der Waals surface area contributed by atoms with Crippen LogP contribution in [-0.2, 0) is 5.41 Å². The highest BCUT2D eigenvalue weighted by atomic mass is 16.3. The molecule has 0 fully saturated rings. The highest BCUT2D eigenvalue weighted by Gasteiger charge is 2.49. The molecule has 1 aliphatic carbocycles. The summed E-state index contributed by atoms with van der Waals surface area (Å²) in [5, 5.41) is 2.08. The van der Waals surface area contributed by atoms with E-state index in [1.54, 1.807) is 0 Å². The van der Waals surface area contributed by atoms with Crippen LogP contribution in [0.25, 0.3) is 55.3 Å². The highest BCUT2D eigenvalue weighted by molar-refractivity contribution is 6.19. The molecule has 1 aliphatic rings. The summed E-state index contributed by atoms with van der Waals surface area (Å²) in [6, 6.07) is 87.1. The Morgan fingerprint density at radius 2 is 0.958 bits per heavy atom. The zero-order chi connectivity index (χ0) is 47.3. The third-order valence-electron chi connectivity index (χ3n) is 14.1. The first-order valence-electron chi connectivity index (χ1n) is 24.1. The van der Waals surface area contributed by atoms with Gasteiger partial charge < -0.3 is 14.2 Å². The van der Waals surface area contributed by atoms with Crippen LogP contribution in [0.5, 0.6) is 0 Å². The van der Waals surface area contributed by atoms with Gasteiger partial charge in [0.15, 0.2) is 0 Å². The average Bonchev–Trinajstić information content (AvgIpc) is 3.97. The minimum atomic E-state index is -0.794. The lowest BCUT2D eigenvalue weighted by Crippen LogP contribution is -2.29. The summed E-state index contributed by atoms with van der Waals surface area (Å²) in [4.78, 5) is 14.2. The zero-order valence-corrected chi connectivity index (χ0v) is 39.0. The summed E-state index contributed by atoms with van der Waals surface area (Å²) in [5.74, 6) is 0. The van der Waals surface area contributed by atoms with Crippen molar-refractivity contribution in [3.05, 3.63) is 289 Å². The Balaban J connectivity index is 1.11. The van der Waals surface area contributed by atoms with Crippen LogP contribution in [0.4, 0.5) is 34.1 Å². The van der Waals surface area contributed by atoms with Gasteiger partial charge in [0.2, 0.25) is 0 Å². The van der Waals surface area contributed by atoms with E-state index in [1.165, 1.54) is 11.1 Å². The third kappa shape index (κ3) is 7.01. The number of hydrogen-bond acceptors (Lipinski definition) is 5. The molecule has 0 saturated carbocycles. The molecule has 0 N–H and O–H groups in total. The largest absolute Gasteiger partial charge is 0.455 e. The number of para-hydroxylation sites is 1. The molecule has 0 spiro atoms. The first kappa shape index (κ1) is 41.8. The minimum absolute atomic E-state index is 0.794. The summed E-state index contributed by atoms with van der Waals surface area (Å²) in [6.07, 6.45) is 5.77. The predicted octanol–water partition coefficient (Wildman–Crippen LogP) is 17.3. The Labute approximate surface area is 413 Å². The number of hydrogen-bond donors (Lipinski definition) is 0. The van der Waals surface area contributed by atoms with Gasteiger partial charge in [-0.05, 0) is 130 Å². The molecule has 3 heterocycles. The molecule has 0 atom stereocenters. The molecule has 5 nitrogen and oxygen atoms in total. The summed E-state index contributed by atoms with van der Waals surface area (Å²) in [6.45, 7) is 2.04. The molecule has 0 bridgehead atoms. The number of rotatable bonds is 10. The van der Waals surface area contributed by atoms with Gasteiger partial charge in [-0.15, -0.1) is 0 Å². The highest BCUT2D eigenvalue weighted by Crippen LogP contribution is 2.61. The monoisotopic (exact) mass is 910 g/mol. The van der Waals surface area contributed by atoms with Crippen molar-refractivity contribution in [1.29, 1.82) is 0 Å². The lowest BCUT2D eigenvalue weighted by Gasteiger charge is -2.35. The number of pyridine rings is 2. The van der Waals surface area contributed by atoms with Gasteiger partial charge in [0.1, 0.15) is 11.2 Å². The number of nitrogens with zero attached hydrogens (tertiary/aromatic N) is 4. The van der Waals surface area contributed by atoms with Crippen LogP contribution in [0.2, 0.25) is 0 Å². The van der Waals surface area contributed by atoms with Gasteiger partial charge in [-0.3, -0.25) is 9.97 Å². The smallest absolute Gasteiger partial charge is 0.145 e. The second-order valence-corrected chi connectivity index (χ2v) is 18.2. The van der Waals surface area contributed by atoms with E-state index in [0.29, 0.717) is 0 Å². The van der Waals surface area contributed by atoms with E-state index in [9.17, 15) is 0 Å². The zero-order valence-electron chi connectivity index (χ0n) is 39.0. The summed E-state index contributed by atoms with van der Waals surface area (Å²) in [5.41, 5.74) is 19.2. The quantitative estimate of drug-likeness (QED) is 0.137. The number of fused-ring (bicyclic) bond motifs is 7. The second kappa shape index (κ2) is 17.3. The van der Waals surface area contributed by atoms with E-state index in [2.05, 4.69) is 251 Å². The maximum absolute atomic E-state index is 7.28. The Bertz CT molecular complexity index is 3800. The number of aromatic nitrogens is 2. The van der Waals surface area contributed by atoms with Crippen LogP contribution in [0, 0.1) is 6.92 Å². The van der Waals surface area contributed by atoms with Crippen molar-refractivity contribution in [3.63, 3.8) is 0 Å². The van der Waals surface area contributed by atoms with Crippen LogP contribution in [0.1, 0.15) is 27.9 Å². The molecule has 0 radical (unpaired) electrons. The van der Waals surface area contributed by atoms with Crippen LogP contribution < -0.4 is 9.80 Å². The van der Waals surface area contributed by atoms with Crippen LogP contribution in [0.3, 0.4) is 0 Å². The number of furan rings is 1. The maximum atomic E-state index is 7.28. The van der Waals surface area contributed by atoms with E-state index in [0.717, 1.165) is 106 Å². The fourth-order valence-corrected chi connectivity index (χ4v) is 10.9. The summed E-state index contributed by atoms with van der Waals surface area (Å²) in [7, 11) is 0. The van der Waals surface area contributed by atoms with Crippen molar-refractivity contribution in [2.75, 3.05) is 9.80 Å². The molecule has 0 aliphatic heterocycles. The van der Waals surface area contributed by atoms with Gasteiger partial charge in [-0.2, -0.15) is 0 Å². The fourth-order valence-electron chi connectivity index (χ4n) is 10.9. The summed E-state index contributed by atoms with van der Waals surface area (Å²) >= 11 is 0. The standard InChI is InChI=1S/C66H46N4O/c1-45-28-33-56(44-68-45)70(53-36-31-49(32-37-53)47-19-8-3-9-20-47)61-42-60-63(65-64(61)58-26-14-15-27-62(58)71-65)57-39-38-54(41-59(57)66(60,50-21-10-4-11-22-50)51-23-12-5-13-24-51)69(55-25-16-40-67-43-55)52-34-29-48(30-35-52)46-17-6-2-7-18-46/h2-44H,1H3. The number of anilines is 6. The van der Waals surface area contributed by atoms with E-state index >= 15 is 0 Å². The summed E-state index contributed by atoms with van der Waals surface area (Å²) < 4.78 is 7.28. The van der Waals surface area contributed by atoms with E-state index < -0.39 is 5.41 Å². The van der Waals surface area contributed by atoms with Gasteiger partial charge in [0.25, 0.3) is 0 Å².